The highest BCUT2D eigenvalue weighted by atomic mass is 79.9. The number of amides is 1. The molecule has 2 heterocycles. The van der Waals surface area contributed by atoms with E-state index < -0.39 is 6.43 Å². The zero-order chi connectivity index (χ0) is 18.9. The van der Waals surface area contributed by atoms with Gasteiger partial charge in [0, 0.05) is 31.4 Å². The molecule has 0 radical (unpaired) electrons. The van der Waals surface area contributed by atoms with Gasteiger partial charge in [-0.05, 0) is 43.6 Å². The third-order valence-corrected chi connectivity index (χ3v) is 5.28. The molecule has 0 fully saturated rings. The molecule has 2 rings (SSSR count). The minimum absolute atomic E-state index is 0.0896. The quantitative estimate of drug-likeness (QED) is 0.723. The van der Waals surface area contributed by atoms with Crippen LogP contribution in [0.5, 0.6) is 0 Å². The molecule has 2 aromatic rings. The third-order valence-electron chi connectivity index (χ3n) is 4.30. The van der Waals surface area contributed by atoms with Crippen LogP contribution in [0.4, 0.5) is 8.78 Å². The summed E-state index contributed by atoms with van der Waals surface area (Å²) in [5.74, 6) is -0.207. The summed E-state index contributed by atoms with van der Waals surface area (Å²) in [6.45, 7) is 8.64. The lowest BCUT2D eigenvalue weighted by molar-refractivity contribution is -0.131. The van der Waals surface area contributed by atoms with Crippen LogP contribution in [0.25, 0.3) is 0 Å². The summed E-state index contributed by atoms with van der Waals surface area (Å²) < 4.78 is 29.3. The van der Waals surface area contributed by atoms with E-state index in [4.69, 9.17) is 0 Å². The molecule has 0 unspecified atom stereocenters. The Labute approximate surface area is 153 Å². The van der Waals surface area contributed by atoms with E-state index in [2.05, 4.69) is 26.1 Å². The van der Waals surface area contributed by atoms with Gasteiger partial charge < -0.3 is 4.90 Å². The summed E-state index contributed by atoms with van der Waals surface area (Å²) in [4.78, 5) is 14.1. The maximum absolute atomic E-state index is 12.9. The van der Waals surface area contributed by atoms with Crippen LogP contribution in [0.2, 0.25) is 0 Å². The molecule has 0 aromatic carbocycles. The van der Waals surface area contributed by atoms with E-state index in [1.165, 1.54) is 4.68 Å². The predicted molar refractivity (Wildman–Crippen MR) is 93.5 cm³/mol. The molecule has 0 spiro atoms. The van der Waals surface area contributed by atoms with Gasteiger partial charge in [-0.25, -0.2) is 8.78 Å². The predicted octanol–water partition coefficient (Wildman–Crippen LogP) is 3.38. The molecule has 0 aliphatic heterocycles. The second-order valence-electron chi connectivity index (χ2n) is 5.96. The summed E-state index contributed by atoms with van der Waals surface area (Å²) in [6, 6.07) is 0. The SMILES string of the molecule is CCn1nc(C)c(CN(C)C(=O)Cn2nc(C(F)F)c(Br)c2C)c1C. The van der Waals surface area contributed by atoms with Crippen LogP contribution in [0.1, 0.15) is 41.7 Å². The van der Waals surface area contributed by atoms with Crippen molar-refractivity contribution in [3.05, 3.63) is 32.8 Å². The van der Waals surface area contributed by atoms with Gasteiger partial charge in [0.2, 0.25) is 5.91 Å². The van der Waals surface area contributed by atoms with Crippen LogP contribution >= 0.6 is 15.9 Å². The minimum Gasteiger partial charge on any atom is -0.340 e. The highest BCUT2D eigenvalue weighted by Gasteiger charge is 2.22. The van der Waals surface area contributed by atoms with E-state index in [9.17, 15) is 13.6 Å². The Morgan fingerprint density at radius 1 is 1.20 bits per heavy atom. The number of nitrogens with zero attached hydrogens (tertiary/aromatic N) is 5. The zero-order valence-electron chi connectivity index (χ0n) is 15.0. The van der Waals surface area contributed by atoms with Crippen molar-refractivity contribution in [2.24, 2.45) is 0 Å². The Balaban J connectivity index is 2.14. The van der Waals surface area contributed by atoms with Gasteiger partial charge in [0.1, 0.15) is 12.2 Å². The number of aryl methyl sites for hydroxylation is 2. The van der Waals surface area contributed by atoms with Crippen LogP contribution in [0.3, 0.4) is 0 Å². The first-order valence-corrected chi connectivity index (χ1v) is 8.74. The molecule has 1 amide bonds. The number of hydrogen-bond acceptors (Lipinski definition) is 3. The van der Waals surface area contributed by atoms with Crippen LogP contribution in [0.15, 0.2) is 4.47 Å². The lowest BCUT2D eigenvalue weighted by Gasteiger charge is -2.18. The number of aromatic nitrogens is 4. The fourth-order valence-corrected chi connectivity index (χ4v) is 3.14. The molecule has 25 heavy (non-hydrogen) atoms. The second kappa shape index (κ2) is 7.63. The van der Waals surface area contributed by atoms with Gasteiger partial charge in [-0.15, -0.1) is 0 Å². The Morgan fingerprint density at radius 2 is 1.84 bits per heavy atom. The average molecular weight is 418 g/mol. The fourth-order valence-electron chi connectivity index (χ4n) is 2.69. The summed E-state index contributed by atoms with van der Waals surface area (Å²) in [7, 11) is 1.69. The molecule has 0 aliphatic rings. The Kier molecular flexibility index (Phi) is 5.97. The van der Waals surface area contributed by atoms with Gasteiger partial charge in [0.25, 0.3) is 6.43 Å². The molecular weight excluding hydrogens is 396 g/mol. The zero-order valence-corrected chi connectivity index (χ0v) is 16.6. The highest BCUT2D eigenvalue weighted by Crippen LogP contribution is 2.29. The molecule has 6 nitrogen and oxygen atoms in total. The molecule has 0 atom stereocenters. The topological polar surface area (TPSA) is 56.0 Å². The van der Waals surface area contributed by atoms with Gasteiger partial charge >= 0.3 is 0 Å². The summed E-state index contributed by atoms with van der Waals surface area (Å²) in [6.07, 6.45) is -2.69. The minimum atomic E-state index is -2.69. The third kappa shape index (κ3) is 3.91. The number of alkyl halides is 2. The van der Waals surface area contributed by atoms with Crippen LogP contribution in [-0.4, -0.2) is 37.4 Å². The standard InChI is InChI=1S/C16H22BrF2N5O/c1-6-23-10(3)12(9(2)20-23)7-22(5)13(25)8-24-11(4)14(17)15(21-24)16(18)19/h16H,6-8H2,1-5H3. The van der Waals surface area contributed by atoms with E-state index in [0.717, 1.165) is 23.5 Å². The number of carbonyl (C=O) groups is 1. The van der Waals surface area contributed by atoms with Gasteiger partial charge in [-0.1, -0.05) is 0 Å². The molecular formula is C16H22BrF2N5O. The first-order valence-electron chi connectivity index (χ1n) is 7.95. The molecule has 0 saturated heterocycles. The molecule has 138 valence electrons. The van der Waals surface area contributed by atoms with Crippen LogP contribution < -0.4 is 0 Å². The van der Waals surface area contributed by atoms with Crippen molar-refractivity contribution in [2.75, 3.05) is 7.05 Å². The Hall–Kier alpha value is -1.77. The largest absolute Gasteiger partial charge is 0.340 e. The van der Waals surface area contributed by atoms with E-state index in [1.54, 1.807) is 18.9 Å². The van der Waals surface area contributed by atoms with E-state index >= 15 is 0 Å². The van der Waals surface area contributed by atoms with Crippen molar-refractivity contribution in [1.29, 1.82) is 0 Å². The normalized spacial score (nSPS) is 11.4. The van der Waals surface area contributed by atoms with E-state index in [-0.39, 0.29) is 22.6 Å². The van der Waals surface area contributed by atoms with Crippen molar-refractivity contribution in [1.82, 2.24) is 24.5 Å². The Morgan fingerprint density at radius 3 is 2.32 bits per heavy atom. The van der Waals surface area contributed by atoms with E-state index in [0.29, 0.717) is 12.2 Å². The maximum Gasteiger partial charge on any atom is 0.283 e. The smallest absolute Gasteiger partial charge is 0.283 e. The van der Waals surface area contributed by atoms with Crippen LogP contribution in [0, 0.1) is 20.8 Å². The summed E-state index contributed by atoms with van der Waals surface area (Å²) in [5, 5.41) is 8.29. The van der Waals surface area contributed by atoms with Gasteiger partial charge in [0.05, 0.1) is 15.9 Å². The first-order chi connectivity index (χ1) is 11.7. The monoisotopic (exact) mass is 417 g/mol. The van der Waals surface area contributed by atoms with Gasteiger partial charge in [0.15, 0.2) is 0 Å². The molecule has 0 aliphatic carbocycles. The lowest BCUT2D eigenvalue weighted by Crippen LogP contribution is -2.30. The maximum atomic E-state index is 12.9. The van der Waals surface area contributed by atoms with Crippen molar-refractivity contribution in [2.45, 2.75) is 53.8 Å². The molecule has 0 saturated carbocycles. The van der Waals surface area contributed by atoms with Crippen molar-refractivity contribution >= 4 is 21.8 Å². The number of halogens is 3. The second-order valence-corrected chi connectivity index (χ2v) is 6.75. The highest BCUT2D eigenvalue weighted by molar-refractivity contribution is 9.10. The number of likely N-dealkylation sites (N-methyl/N-ethyl adjacent to an activating group) is 1. The fraction of sp³-hybridized carbons (Fsp3) is 0.562. The van der Waals surface area contributed by atoms with E-state index in [1.807, 2.05) is 25.5 Å². The first kappa shape index (κ1) is 19.6. The number of rotatable bonds is 6. The number of hydrogen-bond donors (Lipinski definition) is 0. The van der Waals surface area contributed by atoms with Crippen molar-refractivity contribution in [3.63, 3.8) is 0 Å². The summed E-state index contributed by atoms with van der Waals surface area (Å²) >= 11 is 3.11. The van der Waals surface area contributed by atoms with Crippen molar-refractivity contribution < 1.29 is 13.6 Å². The van der Waals surface area contributed by atoms with Gasteiger partial charge in [-0.2, -0.15) is 10.2 Å². The lowest BCUT2D eigenvalue weighted by atomic mass is 10.2. The number of carbonyl (C=O) groups excluding carboxylic acids is 1. The molecule has 0 bridgehead atoms. The summed E-state index contributed by atoms with van der Waals surface area (Å²) in [5.41, 5.74) is 3.08. The molecule has 2 aromatic heterocycles. The average Bonchev–Trinajstić information content (AvgIpc) is 2.99. The molecule has 9 heteroatoms. The van der Waals surface area contributed by atoms with Crippen LogP contribution in [-0.2, 0) is 24.4 Å². The van der Waals surface area contributed by atoms with Gasteiger partial charge in [-0.3, -0.25) is 14.2 Å². The van der Waals surface area contributed by atoms with Crippen molar-refractivity contribution in [3.8, 4) is 0 Å². The Bertz CT molecular complexity index is 784. The molecule has 0 N–H and O–H groups in total.